The number of rotatable bonds is 6. The van der Waals surface area contributed by atoms with Gasteiger partial charge in [-0.2, -0.15) is 0 Å². The lowest BCUT2D eigenvalue weighted by atomic mass is 10.2. The monoisotopic (exact) mass is 288 g/mol. The molecule has 2 rings (SSSR count). The Kier molecular flexibility index (Phi) is 4.62. The molecule has 0 aliphatic heterocycles. The molecule has 0 amide bonds. The Bertz CT molecular complexity index is 619. The molecular formula is C13H16N6O2. The molecule has 0 fully saturated rings. The predicted octanol–water partition coefficient (Wildman–Crippen LogP) is 1.70. The van der Waals surface area contributed by atoms with Crippen molar-refractivity contribution in [3.05, 3.63) is 52.3 Å². The van der Waals surface area contributed by atoms with Gasteiger partial charge in [-0.05, 0) is 12.5 Å². The Morgan fingerprint density at radius 3 is 2.62 bits per heavy atom. The third-order valence-electron chi connectivity index (χ3n) is 3.02. The van der Waals surface area contributed by atoms with Crippen molar-refractivity contribution in [2.45, 2.75) is 13.5 Å². The highest BCUT2D eigenvalue weighted by molar-refractivity contribution is 5.69. The number of anilines is 2. The zero-order valence-electron chi connectivity index (χ0n) is 11.6. The fourth-order valence-electron chi connectivity index (χ4n) is 2.01. The summed E-state index contributed by atoms with van der Waals surface area (Å²) in [4.78, 5) is 20.4. The minimum Gasteiger partial charge on any atom is -0.347 e. The Hall–Kier alpha value is -2.74. The molecule has 1 aromatic carbocycles. The molecule has 0 aliphatic carbocycles. The van der Waals surface area contributed by atoms with Crippen molar-refractivity contribution < 1.29 is 4.92 Å². The fourth-order valence-corrected chi connectivity index (χ4v) is 2.01. The van der Waals surface area contributed by atoms with Gasteiger partial charge in [-0.15, -0.1) is 0 Å². The Morgan fingerprint density at radius 2 is 2.05 bits per heavy atom. The van der Waals surface area contributed by atoms with E-state index in [0.29, 0.717) is 13.1 Å². The van der Waals surface area contributed by atoms with Crippen molar-refractivity contribution in [1.29, 1.82) is 0 Å². The van der Waals surface area contributed by atoms with Gasteiger partial charge in [0.15, 0.2) is 0 Å². The van der Waals surface area contributed by atoms with Crippen LogP contribution in [0, 0.1) is 10.1 Å². The molecule has 8 nitrogen and oxygen atoms in total. The lowest BCUT2D eigenvalue weighted by molar-refractivity contribution is -0.383. The summed E-state index contributed by atoms with van der Waals surface area (Å²) >= 11 is 0. The van der Waals surface area contributed by atoms with Crippen LogP contribution in [0.3, 0.4) is 0 Å². The molecular weight excluding hydrogens is 272 g/mol. The molecule has 1 aromatic heterocycles. The molecule has 0 aliphatic rings. The molecule has 1 heterocycles. The van der Waals surface area contributed by atoms with Gasteiger partial charge in [0.05, 0.1) is 4.92 Å². The van der Waals surface area contributed by atoms with Crippen LogP contribution in [-0.2, 0) is 6.54 Å². The third-order valence-corrected chi connectivity index (χ3v) is 3.02. The number of hydrogen-bond acceptors (Lipinski definition) is 7. The fraction of sp³-hybridized carbons (Fsp3) is 0.231. The summed E-state index contributed by atoms with van der Waals surface area (Å²) in [5, 5.41) is 11.3. The number of aromatic nitrogens is 2. The van der Waals surface area contributed by atoms with E-state index in [-0.39, 0.29) is 17.3 Å². The Morgan fingerprint density at radius 1 is 1.33 bits per heavy atom. The SMILES string of the molecule is CCN(Cc1ccccc1)c1ncnc(NN)c1[N+](=O)[O-]. The standard InChI is InChI=1S/C13H16N6O2/c1-2-18(8-10-6-4-3-5-7-10)13-11(19(20)21)12(17-14)15-9-16-13/h3-7,9H,2,8,14H2,1H3,(H,15,16,17). The molecule has 110 valence electrons. The van der Waals surface area contributed by atoms with E-state index in [0.717, 1.165) is 5.56 Å². The number of nitrogens with one attached hydrogen (secondary N) is 1. The van der Waals surface area contributed by atoms with Crippen LogP contribution in [0.5, 0.6) is 0 Å². The number of hydrogen-bond donors (Lipinski definition) is 2. The van der Waals surface area contributed by atoms with Crippen molar-refractivity contribution in [3.63, 3.8) is 0 Å². The van der Waals surface area contributed by atoms with Gasteiger partial charge >= 0.3 is 5.69 Å². The van der Waals surface area contributed by atoms with Crippen molar-refractivity contribution >= 4 is 17.3 Å². The zero-order chi connectivity index (χ0) is 15.2. The lowest BCUT2D eigenvalue weighted by Gasteiger charge is -2.22. The summed E-state index contributed by atoms with van der Waals surface area (Å²) in [7, 11) is 0. The normalized spacial score (nSPS) is 10.2. The molecule has 0 bridgehead atoms. The van der Waals surface area contributed by atoms with Crippen molar-refractivity contribution in [3.8, 4) is 0 Å². The first kappa shape index (κ1) is 14.7. The molecule has 0 saturated heterocycles. The minimum absolute atomic E-state index is 0.00323. The van der Waals surface area contributed by atoms with Crippen LogP contribution in [-0.4, -0.2) is 21.4 Å². The molecule has 3 N–H and O–H groups in total. The maximum atomic E-state index is 11.3. The maximum absolute atomic E-state index is 11.3. The van der Waals surface area contributed by atoms with Gasteiger partial charge in [-0.3, -0.25) is 10.1 Å². The minimum atomic E-state index is -0.530. The van der Waals surface area contributed by atoms with Crippen LogP contribution in [0.15, 0.2) is 36.7 Å². The van der Waals surface area contributed by atoms with E-state index in [9.17, 15) is 10.1 Å². The second-order valence-corrected chi connectivity index (χ2v) is 4.30. The third kappa shape index (κ3) is 3.23. The second kappa shape index (κ2) is 6.62. The van der Waals surface area contributed by atoms with E-state index >= 15 is 0 Å². The van der Waals surface area contributed by atoms with Crippen molar-refractivity contribution in [2.75, 3.05) is 16.9 Å². The van der Waals surface area contributed by atoms with Gasteiger partial charge in [0.1, 0.15) is 6.33 Å². The van der Waals surface area contributed by atoms with Crippen LogP contribution >= 0.6 is 0 Å². The van der Waals surface area contributed by atoms with Gasteiger partial charge in [-0.1, -0.05) is 30.3 Å². The first-order valence-electron chi connectivity index (χ1n) is 6.42. The number of nitrogens with zero attached hydrogens (tertiary/aromatic N) is 4. The summed E-state index contributed by atoms with van der Waals surface area (Å²) in [6.07, 6.45) is 1.26. The number of nitrogen functional groups attached to an aromatic ring is 1. The molecule has 0 unspecified atom stereocenters. The summed E-state index contributed by atoms with van der Waals surface area (Å²) in [6.45, 7) is 2.99. The van der Waals surface area contributed by atoms with Crippen LogP contribution in [0.4, 0.5) is 17.3 Å². The highest BCUT2D eigenvalue weighted by atomic mass is 16.6. The average Bonchev–Trinajstić information content (AvgIpc) is 2.52. The summed E-state index contributed by atoms with van der Waals surface area (Å²) in [5.41, 5.74) is 3.05. The van der Waals surface area contributed by atoms with Gasteiger partial charge in [0.2, 0.25) is 11.6 Å². The number of hydrazine groups is 1. The topological polar surface area (TPSA) is 110 Å². The first-order valence-corrected chi connectivity index (χ1v) is 6.42. The van der Waals surface area contributed by atoms with Crippen molar-refractivity contribution in [1.82, 2.24) is 9.97 Å². The van der Waals surface area contributed by atoms with E-state index in [1.165, 1.54) is 6.33 Å². The van der Waals surface area contributed by atoms with Crippen LogP contribution in [0.25, 0.3) is 0 Å². The number of nitrogens with two attached hydrogens (primary N) is 1. The quantitative estimate of drug-likeness (QED) is 0.472. The lowest BCUT2D eigenvalue weighted by Crippen LogP contribution is -2.25. The summed E-state index contributed by atoms with van der Waals surface area (Å²) in [6, 6.07) is 9.67. The van der Waals surface area contributed by atoms with E-state index in [1.807, 2.05) is 37.3 Å². The number of benzene rings is 1. The van der Waals surface area contributed by atoms with Crippen LogP contribution in [0.2, 0.25) is 0 Å². The van der Waals surface area contributed by atoms with Gasteiger partial charge < -0.3 is 10.3 Å². The van der Waals surface area contributed by atoms with Crippen molar-refractivity contribution in [2.24, 2.45) is 5.84 Å². The summed E-state index contributed by atoms with van der Waals surface area (Å²) in [5.74, 6) is 5.53. The molecule has 0 atom stereocenters. The molecule has 0 spiro atoms. The summed E-state index contributed by atoms with van der Waals surface area (Å²) < 4.78 is 0. The Labute approximate surface area is 121 Å². The van der Waals surface area contributed by atoms with E-state index < -0.39 is 4.92 Å². The van der Waals surface area contributed by atoms with Gasteiger partial charge in [0, 0.05) is 13.1 Å². The molecule has 8 heteroatoms. The van der Waals surface area contributed by atoms with Crippen LogP contribution < -0.4 is 16.2 Å². The second-order valence-electron chi connectivity index (χ2n) is 4.30. The molecule has 0 saturated carbocycles. The Balaban J connectivity index is 2.40. The highest BCUT2D eigenvalue weighted by Gasteiger charge is 2.26. The van der Waals surface area contributed by atoms with E-state index in [2.05, 4.69) is 15.4 Å². The smallest absolute Gasteiger partial charge is 0.347 e. The van der Waals surface area contributed by atoms with Crippen LogP contribution in [0.1, 0.15) is 12.5 Å². The van der Waals surface area contributed by atoms with E-state index in [4.69, 9.17) is 5.84 Å². The van der Waals surface area contributed by atoms with Gasteiger partial charge in [0.25, 0.3) is 0 Å². The predicted molar refractivity (Wildman–Crippen MR) is 79.7 cm³/mol. The van der Waals surface area contributed by atoms with Gasteiger partial charge in [-0.25, -0.2) is 15.8 Å². The molecule has 0 radical (unpaired) electrons. The molecule has 2 aromatic rings. The molecule has 21 heavy (non-hydrogen) atoms. The highest BCUT2D eigenvalue weighted by Crippen LogP contribution is 2.31. The number of nitro groups is 1. The maximum Gasteiger partial charge on any atom is 0.354 e. The average molecular weight is 288 g/mol. The van der Waals surface area contributed by atoms with E-state index in [1.54, 1.807) is 4.90 Å². The first-order chi connectivity index (χ1) is 10.2. The zero-order valence-corrected chi connectivity index (χ0v) is 11.6. The largest absolute Gasteiger partial charge is 0.354 e.